The van der Waals surface area contributed by atoms with E-state index in [0.29, 0.717) is 30.8 Å². The third kappa shape index (κ3) is 6.53. The Morgan fingerprint density at radius 2 is 1.68 bits per heavy atom. The zero-order valence-corrected chi connectivity index (χ0v) is 16.9. The quantitative estimate of drug-likeness (QED) is 0.706. The van der Waals surface area contributed by atoms with Crippen LogP contribution >= 0.6 is 0 Å². The normalized spacial score (nSPS) is 14.6. The first-order chi connectivity index (χ1) is 13.2. The van der Waals surface area contributed by atoms with Crippen molar-refractivity contribution in [3.63, 3.8) is 0 Å². The third-order valence-electron chi connectivity index (χ3n) is 4.24. The molecule has 0 N–H and O–H groups in total. The molecule has 1 aromatic carbocycles. The van der Waals surface area contributed by atoms with Crippen molar-refractivity contribution in [1.29, 1.82) is 5.26 Å². The van der Waals surface area contributed by atoms with E-state index in [0.717, 1.165) is 0 Å². The number of ether oxygens (including phenoxy) is 1. The van der Waals surface area contributed by atoms with Gasteiger partial charge in [0.15, 0.2) is 9.84 Å². The van der Waals surface area contributed by atoms with Crippen LogP contribution in [0, 0.1) is 17.2 Å². The molecule has 28 heavy (non-hydrogen) atoms. The first-order valence-electron chi connectivity index (χ1n) is 9.09. The highest BCUT2D eigenvalue weighted by molar-refractivity contribution is 7.91. The number of hydrogen-bond acceptors (Lipinski definition) is 6. The van der Waals surface area contributed by atoms with E-state index in [1.165, 1.54) is 9.80 Å². The third-order valence-corrected chi connectivity index (χ3v) is 5.70. The number of carbonyl (C=O) groups is 2. The molecule has 0 atom stereocenters. The van der Waals surface area contributed by atoms with E-state index < -0.39 is 27.6 Å². The second-order valence-electron chi connectivity index (χ2n) is 7.18. The summed E-state index contributed by atoms with van der Waals surface area (Å²) < 4.78 is 29.8. The van der Waals surface area contributed by atoms with Gasteiger partial charge in [-0.2, -0.15) is 5.26 Å². The molecule has 0 aliphatic carbocycles. The lowest BCUT2D eigenvalue weighted by Crippen LogP contribution is -2.52. The van der Waals surface area contributed by atoms with Gasteiger partial charge in [-0.25, -0.2) is 13.2 Å². The van der Waals surface area contributed by atoms with Crippen molar-refractivity contribution >= 4 is 21.8 Å². The molecule has 2 amide bonds. The van der Waals surface area contributed by atoms with E-state index >= 15 is 0 Å². The SMILES string of the molecule is CC(C)COC(=O)N1CCN(C(=O)CS(=O)(=O)Cc2ccc(C#N)cc2)CC1. The fraction of sp³-hybridized carbons (Fsp3) is 0.526. The van der Waals surface area contributed by atoms with Gasteiger partial charge in [0, 0.05) is 26.2 Å². The molecule has 0 spiro atoms. The molecule has 1 aliphatic heterocycles. The largest absolute Gasteiger partial charge is 0.449 e. The van der Waals surface area contributed by atoms with Gasteiger partial charge in [0.25, 0.3) is 0 Å². The molecule has 0 bridgehead atoms. The Kier molecular flexibility index (Phi) is 7.40. The maximum Gasteiger partial charge on any atom is 0.409 e. The van der Waals surface area contributed by atoms with Crippen LogP contribution in [0.25, 0.3) is 0 Å². The predicted molar refractivity (Wildman–Crippen MR) is 103 cm³/mol. The molecular weight excluding hydrogens is 382 g/mol. The fourth-order valence-corrected chi connectivity index (χ4v) is 4.09. The molecule has 0 aromatic heterocycles. The maximum atomic E-state index is 12.4. The Labute approximate surface area is 165 Å². The minimum atomic E-state index is -3.63. The number of nitrogens with zero attached hydrogens (tertiary/aromatic N) is 3. The molecule has 0 unspecified atom stereocenters. The molecule has 8 nitrogen and oxygen atoms in total. The van der Waals surface area contributed by atoms with Crippen molar-refractivity contribution in [3.05, 3.63) is 35.4 Å². The van der Waals surface area contributed by atoms with Gasteiger partial charge in [-0.3, -0.25) is 4.79 Å². The smallest absolute Gasteiger partial charge is 0.409 e. The Morgan fingerprint density at radius 3 is 2.21 bits per heavy atom. The van der Waals surface area contributed by atoms with Crippen LogP contribution in [0.4, 0.5) is 4.79 Å². The van der Waals surface area contributed by atoms with Gasteiger partial charge < -0.3 is 14.5 Å². The summed E-state index contributed by atoms with van der Waals surface area (Å²) in [6.07, 6.45) is -0.408. The predicted octanol–water partition coefficient (Wildman–Crippen LogP) is 1.41. The lowest BCUT2D eigenvalue weighted by Gasteiger charge is -2.34. The van der Waals surface area contributed by atoms with Gasteiger partial charge in [-0.1, -0.05) is 26.0 Å². The van der Waals surface area contributed by atoms with Crippen molar-refractivity contribution in [2.24, 2.45) is 5.92 Å². The van der Waals surface area contributed by atoms with Crippen LogP contribution in [0.5, 0.6) is 0 Å². The molecular formula is C19H25N3O5S. The van der Waals surface area contributed by atoms with Crippen molar-refractivity contribution in [2.45, 2.75) is 19.6 Å². The van der Waals surface area contributed by atoms with Crippen LogP contribution < -0.4 is 0 Å². The Balaban J connectivity index is 1.84. The highest BCUT2D eigenvalue weighted by Gasteiger charge is 2.28. The molecule has 1 heterocycles. The first kappa shape index (κ1) is 21.7. The molecule has 1 aliphatic rings. The summed E-state index contributed by atoms with van der Waals surface area (Å²) in [6.45, 7) is 5.43. The summed E-state index contributed by atoms with van der Waals surface area (Å²) >= 11 is 0. The number of rotatable bonds is 6. The Morgan fingerprint density at radius 1 is 1.11 bits per heavy atom. The Bertz CT molecular complexity index is 835. The molecule has 152 valence electrons. The highest BCUT2D eigenvalue weighted by Crippen LogP contribution is 2.11. The fourth-order valence-electron chi connectivity index (χ4n) is 2.73. The van der Waals surface area contributed by atoms with Crippen LogP contribution in [-0.4, -0.2) is 68.8 Å². The van der Waals surface area contributed by atoms with Gasteiger partial charge in [0.1, 0.15) is 5.75 Å². The van der Waals surface area contributed by atoms with E-state index in [9.17, 15) is 18.0 Å². The number of sulfone groups is 1. The summed E-state index contributed by atoms with van der Waals surface area (Å²) in [4.78, 5) is 27.3. The number of carbonyl (C=O) groups excluding carboxylic acids is 2. The number of piperazine rings is 1. The Hall–Kier alpha value is -2.60. The minimum absolute atomic E-state index is 0.244. The molecule has 1 fully saturated rings. The second-order valence-corrected chi connectivity index (χ2v) is 9.24. The van der Waals surface area contributed by atoms with E-state index in [1.807, 2.05) is 19.9 Å². The summed E-state index contributed by atoms with van der Waals surface area (Å²) in [5.41, 5.74) is 0.978. The van der Waals surface area contributed by atoms with Gasteiger partial charge >= 0.3 is 6.09 Å². The maximum absolute atomic E-state index is 12.4. The molecule has 0 saturated carbocycles. The summed E-state index contributed by atoms with van der Waals surface area (Å²) in [6, 6.07) is 8.20. The van der Waals surface area contributed by atoms with Crippen LogP contribution in [0.15, 0.2) is 24.3 Å². The topological polar surface area (TPSA) is 108 Å². The zero-order chi connectivity index (χ0) is 20.7. The lowest BCUT2D eigenvalue weighted by atomic mass is 10.2. The van der Waals surface area contributed by atoms with Gasteiger partial charge in [-0.05, 0) is 23.6 Å². The summed E-state index contributed by atoms with van der Waals surface area (Å²) in [5, 5.41) is 8.78. The molecule has 2 rings (SSSR count). The summed E-state index contributed by atoms with van der Waals surface area (Å²) in [5.74, 6) is -1.06. The number of nitriles is 1. The second kappa shape index (κ2) is 9.55. The molecule has 1 aromatic rings. The standard InChI is InChI=1S/C19H25N3O5S/c1-15(2)12-27-19(24)22-9-7-21(8-10-22)18(23)14-28(25,26)13-17-5-3-16(11-20)4-6-17/h3-6,15H,7-10,12-14H2,1-2H3. The average molecular weight is 407 g/mol. The molecule has 1 saturated heterocycles. The zero-order valence-electron chi connectivity index (χ0n) is 16.1. The molecule has 0 radical (unpaired) electrons. The van der Waals surface area contributed by atoms with Crippen LogP contribution in [0.1, 0.15) is 25.0 Å². The molecule has 9 heteroatoms. The van der Waals surface area contributed by atoms with Gasteiger partial charge in [0.05, 0.1) is 24.0 Å². The van der Waals surface area contributed by atoms with Crippen molar-refractivity contribution < 1.29 is 22.7 Å². The van der Waals surface area contributed by atoms with Crippen LogP contribution in [-0.2, 0) is 25.1 Å². The highest BCUT2D eigenvalue weighted by atomic mass is 32.2. The van der Waals surface area contributed by atoms with Crippen LogP contribution in [0.2, 0.25) is 0 Å². The van der Waals surface area contributed by atoms with Crippen LogP contribution in [0.3, 0.4) is 0 Å². The summed E-state index contributed by atoms with van der Waals surface area (Å²) in [7, 11) is -3.63. The van der Waals surface area contributed by atoms with Crippen molar-refractivity contribution in [1.82, 2.24) is 9.80 Å². The monoisotopic (exact) mass is 407 g/mol. The van der Waals surface area contributed by atoms with Crippen molar-refractivity contribution in [3.8, 4) is 6.07 Å². The number of amides is 2. The number of hydrogen-bond donors (Lipinski definition) is 0. The van der Waals surface area contributed by atoms with Crippen molar-refractivity contribution in [2.75, 3.05) is 38.5 Å². The number of benzene rings is 1. The van der Waals surface area contributed by atoms with E-state index in [2.05, 4.69) is 0 Å². The van der Waals surface area contributed by atoms with Gasteiger partial charge in [-0.15, -0.1) is 0 Å². The minimum Gasteiger partial charge on any atom is -0.449 e. The van der Waals surface area contributed by atoms with E-state index in [4.69, 9.17) is 10.00 Å². The van der Waals surface area contributed by atoms with E-state index in [1.54, 1.807) is 24.3 Å². The average Bonchev–Trinajstić information content (AvgIpc) is 2.66. The first-order valence-corrected chi connectivity index (χ1v) is 10.9. The lowest BCUT2D eigenvalue weighted by molar-refractivity contribution is -0.130. The van der Waals surface area contributed by atoms with Gasteiger partial charge in [0.2, 0.25) is 5.91 Å². The van der Waals surface area contributed by atoms with E-state index in [-0.39, 0.29) is 24.8 Å².